The van der Waals surface area contributed by atoms with Crippen LogP contribution in [0.25, 0.3) is 0 Å². The van der Waals surface area contributed by atoms with Gasteiger partial charge in [-0.3, -0.25) is 4.90 Å². The van der Waals surface area contributed by atoms with Gasteiger partial charge in [0, 0.05) is 24.8 Å². The summed E-state index contributed by atoms with van der Waals surface area (Å²) >= 11 is 0. The molecule has 0 aromatic heterocycles. The molecule has 1 aliphatic heterocycles. The number of nitrogens with one attached hydrogen (secondary N) is 1. The average molecular weight is 253 g/mol. The van der Waals surface area contributed by atoms with E-state index in [1.54, 1.807) is 0 Å². The van der Waals surface area contributed by atoms with Gasteiger partial charge in [-0.15, -0.1) is 12.4 Å². The third-order valence-electron chi connectivity index (χ3n) is 3.78. The average Bonchev–Trinajstić information content (AvgIpc) is 3.03. The summed E-state index contributed by atoms with van der Waals surface area (Å²) in [4.78, 5) is 2.61. The van der Waals surface area contributed by atoms with Gasteiger partial charge in [-0.05, 0) is 36.9 Å². The maximum atomic E-state index is 3.53. The number of hydrogen-bond acceptors (Lipinski definition) is 2. The fraction of sp³-hybridized carbons (Fsp3) is 0.571. The molecule has 0 bridgehead atoms. The molecule has 1 N–H and O–H groups in total. The second-order valence-corrected chi connectivity index (χ2v) is 4.92. The number of anilines is 1. The molecule has 2 aliphatic rings. The lowest BCUT2D eigenvalue weighted by molar-refractivity contribution is 0.270. The molecule has 2 nitrogen and oxygen atoms in total. The zero-order chi connectivity index (χ0) is 11.0. The Morgan fingerprint density at radius 2 is 2.18 bits per heavy atom. The van der Waals surface area contributed by atoms with Crippen LogP contribution in [-0.2, 0) is 13.0 Å². The van der Waals surface area contributed by atoms with Gasteiger partial charge in [-0.2, -0.15) is 0 Å². The quantitative estimate of drug-likeness (QED) is 0.886. The van der Waals surface area contributed by atoms with E-state index in [-0.39, 0.29) is 12.4 Å². The van der Waals surface area contributed by atoms with Gasteiger partial charge in [-0.1, -0.05) is 25.1 Å². The first kappa shape index (κ1) is 12.7. The van der Waals surface area contributed by atoms with Gasteiger partial charge in [0.15, 0.2) is 0 Å². The molecular weight excluding hydrogens is 232 g/mol. The molecular formula is C14H21ClN2. The number of para-hydroxylation sites is 1. The van der Waals surface area contributed by atoms with E-state index in [9.17, 15) is 0 Å². The second-order valence-electron chi connectivity index (χ2n) is 4.92. The molecule has 3 rings (SSSR count). The fourth-order valence-electron chi connectivity index (χ4n) is 2.70. The second kappa shape index (κ2) is 5.28. The number of fused-ring (bicyclic) bond motifs is 1. The van der Waals surface area contributed by atoms with Crippen molar-refractivity contribution < 1.29 is 0 Å². The lowest BCUT2D eigenvalue weighted by Crippen LogP contribution is -2.25. The van der Waals surface area contributed by atoms with E-state index in [4.69, 9.17) is 0 Å². The van der Waals surface area contributed by atoms with Crippen molar-refractivity contribution in [3.63, 3.8) is 0 Å². The number of nitrogens with zero attached hydrogens (tertiary/aromatic N) is 1. The van der Waals surface area contributed by atoms with Crippen LogP contribution in [0.15, 0.2) is 18.2 Å². The Kier molecular flexibility index (Phi) is 3.95. The molecule has 3 heteroatoms. The zero-order valence-corrected chi connectivity index (χ0v) is 11.2. The highest BCUT2D eigenvalue weighted by Crippen LogP contribution is 2.32. The van der Waals surface area contributed by atoms with E-state index in [1.165, 1.54) is 42.6 Å². The Morgan fingerprint density at radius 1 is 1.35 bits per heavy atom. The Morgan fingerprint density at radius 3 is 2.88 bits per heavy atom. The summed E-state index contributed by atoms with van der Waals surface area (Å²) in [5, 5.41) is 3.53. The maximum Gasteiger partial charge on any atom is 0.0419 e. The molecule has 1 aromatic rings. The van der Waals surface area contributed by atoms with E-state index in [0.717, 1.165) is 19.1 Å². The number of benzene rings is 1. The highest BCUT2D eigenvalue weighted by atomic mass is 35.5. The predicted octanol–water partition coefficient (Wildman–Crippen LogP) is 3.06. The molecule has 1 aliphatic carbocycles. The van der Waals surface area contributed by atoms with Crippen LogP contribution in [-0.4, -0.2) is 24.0 Å². The molecule has 1 fully saturated rings. The van der Waals surface area contributed by atoms with Crippen LogP contribution in [0.2, 0.25) is 0 Å². The monoisotopic (exact) mass is 252 g/mol. The highest BCUT2D eigenvalue weighted by molar-refractivity contribution is 5.85. The van der Waals surface area contributed by atoms with Gasteiger partial charge in [-0.25, -0.2) is 0 Å². The topological polar surface area (TPSA) is 15.3 Å². The summed E-state index contributed by atoms with van der Waals surface area (Å²) in [6.45, 7) is 5.68. The van der Waals surface area contributed by atoms with Gasteiger partial charge < -0.3 is 5.32 Å². The largest absolute Gasteiger partial charge is 0.384 e. The van der Waals surface area contributed by atoms with Crippen molar-refractivity contribution in [3.8, 4) is 0 Å². The third-order valence-corrected chi connectivity index (χ3v) is 3.78. The Bertz CT molecular complexity index is 388. The Labute approximate surface area is 110 Å². The minimum absolute atomic E-state index is 0. The van der Waals surface area contributed by atoms with Gasteiger partial charge in [0.05, 0.1) is 0 Å². The third kappa shape index (κ3) is 2.58. The van der Waals surface area contributed by atoms with Crippen molar-refractivity contribution >= 4 is 18.1 Å². The molecule has 0 radical (unpaired) electrons. The SMILES string of the molecule is CCN(Cc1cccc2c1NCC2)C1CC1.Cl. The normalized spacial score (nSPS) is 17.5. The van der Waals surface area contributed by atoms with Crippen molar-refractivity contribution in [3.05, 3.63) is 29.3 Å². The van der Waals surface area contributed by atoms with Crippen LogP contribution in [0.1, 0.15) is 30.9 Å². The van der Waals surface area contributed by atoms with Gasteiger partial charge >= 0.3 is 0 Å². The van der Waals surface area contributed by atoms with Crippen LogP contribution < -0.4 is 5.32 Å². The molecule has 0 spiro atoms. The molecule has 17 heavy (non-hydrogen) atoms. The zero-order valence-electron chi connectivity index (χ0n) is 10.4. The van der Waals surface area contributed by atoms with E-state index in [2.05, 4.69) is 35.3 Å². The highest BCUT2D eigenvalue weighted by Gasteiger charge is 2.28. The standard InChI is InChI=1S/C14H20N2.ClH/c1-2-16(13-6-7-13)10-12-5-3-4-11-8-9-15-14(11)12;/h3-5,13,15H,2,6-10H2,1H3;1H. The molecule has 0 saturated heterocycles. The van der Waals surface area contributed by atoms with Crippen molar-refractivity contribution in [2.24, 2.45) is 0 Å². The maximum absolute atomic E-state index is 3.53. The van der Waals surface area contributed by atoms with E-state index in [0.29, 0.717) is 0 Å². The fourth-order valence-corrected chi connectivity index (χ4v) is 2.70. The lowest BCUT2D eigenvalue weighted by atomic mass is 10.1. The summed E-state index contributed by atoms with van der Waals surface area (Å²) in [5.74, 6) is 0. The first-order valence-electron chi connectivity index (χ1n) is 6.47. The first-order chi connectivity index (χ1) is 7.88. The van der Waals surface area contributed by atoms with Gasteiger partial charge in [0.25, 0.3) is 0 Å². The minimum atomic E-state index is 0. The molecule has 1 saturated carbocycles. The van der Waals surface area contributed by atoms with Crippen LogP contribution in [0.3, 0.4) is 0 Å². The van der Waals surface area contributed by atoms with Crippen LogP contribution >= 0.6 is 12.4 Å². The van der Waals surface area contributed by atoms with Crippen molar-refractivity contribution in [1.82, 2.24) is 4.90 Å². The number of rotatable bonds is 4. The smallest absolute Gasteiger partial charge is 0.0419 e. The summed E-state index contributed by atoms with van der Waals surface area (Å²) < 4.78 is 0. The summed E-state index contributed by atoms with van der Waals surface area (Å²) in [6, 6.07) is 7.61. The first-order valence-corrected chi connectivity index (χ1v) is 6.47. The van der Waals surface area contributed by atoms with Crippen LogP contribution in [0.5, 0.6) is 0 Å². The molecule has 94 valence electrons. The van der Waals surface area contributed by atoms with Crippen LogP contribution in [0, 0.1) is 0 Å². The van der Waals surface area contributed by atoms with E-state index in [1.807, 2.05) is 0 Å². The number of hydrogen-bond donors (Lipinski definition) is 1. The van der Waals surface area contributed by atoms with Crippen LogP contribution in [0.4, 0.5) is 5.69 Å². The molecule has 1 aromatic carbocycles. The molecule has 0 atom stereocenters. The summed E-state index contributed by atoms with van der Waals surface area (Å²) in [5.41, 5.74) is 4.41. The van der Waals surface area contributed by atoms with Gasteiger partial charge in [0.1, 0.15) is 0 Å². The Balaban J connectivity index is 0.00000108. The van der Waals surface area contributed by atoms with E-state index >= 15 is 0 Å². The Hall–Kier alpha value is -0.730. The summed E-state index contributed by atoms with van der Waals surface area (Å²) in [7, 11) is 0. The minimum Gasteiger partial charge on any atom is -0.384 e. The lowest BCUT2D eigenvalue weighted by Gasteiger charge is -2.21. The number of halogens is 1. The van der Waals surface area contributed by atoms with Crippen molar-refractivity contribution in [2.75, 3.05) is 18.4 Å². The molecule has 1 heterocycles. The molecule has 0 amide bonds. The predicted molar refractivity (Wildman–Crippen MR) is 75.0 cm³/mol. The molecule has 0 unspecified atom stereocenters. The van der Waals surface area contributed by atoms with Gasteiger partial charge in [0.2, 0.25) is 0 Å². The summed E-state index contributed by atoms with van der Waals surface area (Å²) in [6.07, 6.45) is 3.99. The van der Waals surface area contributed by atoms with Crippen molar-refractivity contribution in [1.29, 1.82) is 0 Å². The van der Waals surface area contributed by atoms with E-state index < -0.39 is 0 Å². The van der Waals surface area contributed by atoms with Crippen molar-refractivity contribution in [2.45, 2.75) is 38.8 Å².